The van der Waals surface area contributed by atoms with Gasteiger partial charge in [-0.2, -0.15) is 4.98 Å². The van der Waals surface area contributed by atoms with Crippen LogP contribution in [0.5, 0.6) is 23.4 Å². The molecule has 0 radical (unpaired) electrons. The molecule has 5 nitrogen and oxygen atoms in total. The van der Waals surface area contributed by atoms with Crippen LogP contribution in [0.1, 0.15) is 0 Å². The summed E-state index contributed by atoms with van der Waals surface area (Å²) in [6.45, 7) is 0. The molecule has 0 fully saturated rings. The van der Waals surface area contributed by atoms with E-state index in [-0.39, 0.29) is 11.8 Å². The quantitative estimate of drug-likeness (QED) is 0.943. The zero-order valence-electron chi connectivity index (χ0n) is 8.92. The Morgan fingerprint density at radius 1 is 1.24 bits per heavy atom. The summed E-state index contributed by atoms with van der Waals surface area (Å²) in [7, 11) is 1.51. The first-order chi connectivity index (χ1) is 8.19. The van der Waals surface area contributed by atoms with Gasteiger partial charge in [-0.15, -0.1) is 0 Å². The topological polar surface area (TPSA) is 64.5 Å². The van der Waals surface area contributed by atoms with Gasteiger partial charge in [-0.05, 0) is 40.2 Å². The minimum Gasteiger partial charge on any atom is -0.508 e. The van der Waals surface area contributed by atoms with E-state index in [0.717, 1.165) is 0 Å². The van der Waals surface area contributed by atoms with Gasteiger partial charge in [0.25, 0.3) is 0 Å². The Labute approximate surface area is 106 Å². The van der Waals surface area contributed by atoms with Gasteiger partial charge in [-0.3, -0.25) is 0 Å². The fraction of sp³-hybridized carbons (Fsp3) is 0.0909. The molecule has 17 heavy (non-hydrogen) atoms. The SMILES string of the molecule is COc1nc(Oc2ccc(O)cc2)ncc1Br. The summed E-state index contributed by atoms with van der Waals surface area (Å²) in [5, 5.41) is 9.13. The summed E-state index contributed by atoms with van der Waals surface area (Å²) in [5.74, 6) is 1.10. The number of phenols is 1. The van der Waals surface area contributed by atoms with E-state index in [1.54, 1.807) is 18.3 Å². The zero-order valence-corrected chi connectivity index (χ0v) is 10.5. The number of ether oxygens (including phenoxy) is 2. The van der Waals surface area contributed by atoms with Crippen molar-refractivity contribution in [3.05, 3.63) is 34.9 Å². The molecule has 0 bridgehead atoms. The lowest BCUT2D eigenvalue weighted by molar-refractivity contribution is 0.373. The fourth-order valence-corrected chi connectivity index (χ4v) is 1.50. The van der Waals surface area contributed by atoms with Crippen molar-refractivity contribution >= 4 is 15.9 Å². The average Bonchev–Trinajstić information content (AvgIpc) is 2.34. The van der Waals surface area contributed by atoms with Crippen molar-refractivity contribution in [3.63, 3.8) is 0 Å². The summed E-state index contributed by atoms with van der Waals surface area (Å²) >= 11 is 3.25. The number of methoxy groups -OCH3 is 1. The van der Waals surface area contributed by atoms with Crippen molar-refractivity contribution in [1.82, 2.24) is 9.97 Å². The summed E-state index contributed by atoms with van der Waals surface area (Å²) in [4.78, 5) is 8.03. The molecule has 0 aliphatic heterocycles. The molecule has 1 aromatic heterocycles. The van der Waals surface area contributed by atoms with E-state index in [1.165, 1.54) is 19.2 Å². The number of halogens is 1. The lowest BCUT2D eigenvalue weighted by atomic mass is 10.3. The molecule has 0 saturated heterocycles. The van der Waals surface area contributed by atoms with Crippen LogP contribution in [-0.4, -0.2) is 22.2 Å². The molecule has 6 heteroatoms. The Hall–Kier alpha value is -1.82. The molecule has 0 aliphatic rings. The second-order valence-corrected chi connectivity index (χ2v) is 3.96. The van der Waals surface area contributed by atoms with E-state index in [9.17, 15) is 0 Å². The predicted octanol–water partition coefficient (Wildman–Crippen LogP) is 2.75. The fourth-order valence-electron chi connectivity index (χ4n) is 1.15. The smallest absolute Gasteiger partial charge is 0.325 e. The van der Waals surface area contributed by atoms with Gasteiger partial charge >= 0.3 is 6.01 Å². The number of aromatic nitrogens is 2. The number of nitrogens with zero attached hydrogens (tertiary/aromatic N) is 2. The zero-order chi connectivity index (χ0) is 12.3. The number of rotatable bonds is 3. The molecule has 2 rings (SSSR count). The highest BCUT2D eigenvalue weighted by atomic mass is 79.9. The largest absolute Gasteiger partial charge is 0.508 e. The van der Waals surface area contributed by atoms with E-state index in [2.05, 4.69) is 25.9 Å². The molecule has 1 heterocycles. The Bertz CT molecular complexity index is 517. The molecule has 88 valence electrons. The van der Waals surface area contributed by atoms with Gasteiger partial charge in [0.1, 0.15) is 11.5 Å². The molecule has 0 spiro atoms. The number of aromatic hydroxyl groups is 1. The molecule has 0 aliphatic carbocycles. The van der Waals surface area contributed by atoms with Crippen LogP contribution in [0.4, 0.5) is 0 Å². The maximum atomic E-state index is 9.13. The molecule has 0 unspecified atom stereocenters. The molecule has 2 aromatic rings. The summed E-state index contributed by atoms with van der Waals surface area (Å²) in [6.07, 6.45) is 1.54. The summed E-state index contributed by atoms with van der Waals surface area (Å²) in [5.41, 5.74) is 0. The molecule has 0 amide bonds. The van der Waals surface area contributed by atoms with Gasteiger partial charge in [0.05, 0.1) is 17.8 Å². The minimum atomic E-state index is 0.173. The van der Waals surface area contributed by atoms with Crippen molar-refractivity contribution in [2.45, 2.75) is 0 Å². The Balaban J connectivity index is 2.21. The molecule has 0 saturated carbocycles. The first-order valence-corrected chi connectivity index (χ1v) is 5.52. The van der Waals surface area contributed by atoms with Gasteiger partial charge < -0.3 is 14.6 Å². The van der Waals surface area contributed by atoms with Crippen molar-refractivity contribution in [2.24, 2.45) is 0 Å². The standard InChI is InChI=1S/C11H9BrN2O3/c1-16-10-9(12)6-13-11(14-10)17-8-4-2-7(15)3-5-8/h2-6,15H,1H3. The second kappa shape index (κ2) is 5.01. The van der Waals surface area contributed by atoms with Gasteiger partial charge in [0.2, 0.25) is 5.88 Å². The highest BCUT2D eigenvalue weighted by molar-refractivity contribution is 9.10. The Morgan fingerprint density at radius 2 is 1.94 bits per heavy atom. The number of hydrogen-bond acceptors (Lipinski definition) is 5. The Kier molecular flexibility index (Phi) is 3.43. The summed E-state index contributed by atoms with van der Waals surface area (Å²) in [6, 6.07) is 6.45. The van der Waals surface area contributed by atoms with Crippen LogP contribution in [-0.2, 0) is 0 Å². The van der Waals surface area contributed by atoms with Crippen LogP contribution in [0, 0.1) is 0 Å². The van der Waals surface area contributed by atoms with Crippen LogP contribution < -0.4 is 9.47 Å². The van der Waals surface area contributed by atoms with E-state index < -0.39 is 0 Å². The molecular formula is C11H9BrN2O3. The number of hydrogen-bond donors (Lipinski definition) is 1. The van der Waals surface area contributed by atoms with Crippen LogP contribution in [0.2, 0.25) is 0 Å². The van der Waals surface area contributed by atoms with Gasteiger partial charge in [-0.1, -0.05) is 0 Å². The minimum absolute atomic E-state index is 0.173. The van der Waals surface area contributed by atoms with E-state index in [0.29, 0.717) is 16.1 Å². The lowest BCUT2D eigenvalue weighted by Crippen LogP contribution is -1.95. The maximum Gasteiger partial charge on any atom is 0.325 e. The lowest BCUT2D eigenvalue weighted by Gasteiger charge is -2.06. The first-order valence-electron chi connectivity index (χ1n) is 4.72. The normalized spacial score (nSPS) is 10.0. The van der Waals surface area contributed by atoms with E-state index in [4.69, 9.17) is 14.6 Å². The third-order valence-electron chi connectivity index (χ3n) is 1.93. The maximum absolute atomic E-state index is 9.13. The molecule has 0 atom stereocenters. The molecule has 1 N–H and O–H groups in total. The summed E-state index contributed by atoms with van der Waals surface area (Å²) < 4.78 is 11.1. The predicted molar refractivity (Wildman–Crippen MR) is 64.5 cm³/mol. The van der Waals surface area contributed by atoms with Crippen LogP contribution in [0.15, 0.2) is 34.9 Å². The van der Waals surface area contributed by atoms with Crippen molar-refractivity contribution in [2.75, 3.05) is 7.11 Å². The third kappa shape index (κ3) is 2.85. The van der Waals surface area contributed by atoms with Crippen LogP contribution >= 0.6 is 15.9 Å². The van der Waals surface area contributed by atoms with Gasteiger partial charge in [0, 0.05) is 0 Å². The van der Waals surface area contributed by atoms with E-state index in [1.807, 2.05) is 0 Å². The van der Waals surface area contributed by atoms with Crippen LogP contribution in [0.3, 0.4) is 0 Å². The highest BCUT2D eigenvalue weighted by Gasteiger charge is 2.06. The Morgan fingerprint density at radius 3 is 2.59 bits per heavy atom. The second-order valence-electron chi connectivity index (χ2n) is 3.11. The van der Waals surface area contributed by atoms with Gasteiger partial charge in [-0.25, -0.2) is 4.98 Å². The molecular weight excluding hydrogens is 288 g/mol. The van der Waals surface area contributed by atoms with Crippen LogP contribution in [0.25, 0.3) is 0 Å². The monoisotopic (exact) mass is 296 g/mol. The van der Waals surface area contributed by atoms with Crippen molar-refractivity contribution in [3.8, 4) is 23.4 Å². The van der Waals surface area contributed by atoms with Crippen molar-refractivity contribution in [1.29, 1.82) is 0 Å². The number of phenolic OH excluding ortho intramolecular Hbond substituents is 1. The first kappa shape index (κ1) is 11.7. The van der Waals surface area contributed by atoms with E-state index >= 15 is 0 Å². The van der Waals surface area contributed by atoms with Gasteiger partial charge in [0.15, 0.2) is 0 Å². The third-order valence-corrected chi connectivity index (χ3v) is 2.47. The average molecular weight is 297 g/mol. The number of benzene rings is 1. The highest BCUT2D eigenvalue weighted by Crippen LogP contribution is 2.26. The van der Waals surface area contributed by atoms with Crippen molar-refractivity contribution < 1.29 is 14.6 Å². The molecule has 1 aromatic carbocycles.